The Balaban J connectivity index is 2.09. The molecule has 7 heteroatoms. The first-order chi connectivity index (χ1) is 12.6. The fourth-order valence-electron chi connectivity index (χ4n) is 2.88. The van der Waals surface area contributed by atoms with E-state index in [2.05, 4.69) is 10.1 Å². The summed E-state index contributed by atoms with van der Waals surface area (Å²) in [5, 5.41) is 4.30. The summed E-state index contributed by atoms with van der Waals surface area (Å²) in [6, 6.07) is 9.44. The maximum absolute atomic E-state index is 12.1. The van der Waals surface area contributed by atoms with Crippen LogP contribution in [0.2, 0.25) is 0 Å². The van der Waals surface area contributed by atoms with Crippen molar-refractivity contribution in [2.75, 3.05) is 18.1 Å². The van der Waals surface area contributed by atoms with E-state index in [-0.39, 0.29) is 12.5 Å². The standard InChI is InChI=1S/C19H20N4O3/c1-4-22(13(3)24)15-8-6-7-14(11-15)17-9-10-20-18-16(12-21-23(17)18)19(25)26-5-2/h6-12H,4-5H2,1-3H3. The molecule has 0 saturated heterocycles. The summed E-state index contributed by atoms with van der Waals surface area (Å²) >= 11 is 0. The van der Waals surface area contributed by atoms with Crippen molar-refractivity contribution >= 4 is 23.2 Å². The molecule has 7 nitrogen and oxygen atoms in total. The molecule has 0 bridgehead atoms. The summed E-state index contributed by atoms with van der Waals surface area (Å²) in [5.41, 5.74) is 3.20. The Morgan fingerprint density at radius 3 is 2.73 bits per heavy atom. The van der Waals surface area contributed by atoms with E-state index in [1.165, 1.54) is 6.20 Å². The maximum Gasteiger partial charge on any atom is 0.343 e. The largest absolute Gasteiger partial charge is 0.462 e. The van der Waals surface area contributed by atoms with E-state index < -0.39 is 5.97 Å². The molecule has 0 N–H and O–H groups in total. The number of carbonyl (C=O) groups excluding carboxylic acids is 2. The number of ether oxygens (including phenoxy) is 1. The normalized spacial score (nSPS) is 10.7. The van der Waals surface area contributed by atoms with E-state index >= 15 is 0 Å². The summed E-state index contributed by atoms with van der Waals surface area (Å²) in [4.78, 5) is 29.8. The Bertz CT molecular complexity index is 964. The summed E-state index contributed by atoms with van der Waals surface area (Å²) in [6.07, 6.45) is 3.09. The van der Waals surface area contributed by atoms with E-state index in [9.17, 15) is 9.59 Å². The molecule has 2 aromatic heterocycles. The maximum atomic E-state index is 12.1. The Morgan fingerprint density at radius 1 is 1.23 bits per heavy atom. The van der Waals surface area contributed by atoms with Crippen LogP contribution in [-0.4, -0.2) is 39.6 Å². The molecule has 0 spiro atoms. The molecule has 0 unspecified atom stereocenters. The number of fused-ring (bicyclic) bond motifs is 1. The summed E-state index contributed by atoms with van der Waals surface area (Å²) < 4.78 is 6.66. The van der Waals surface area contributed by atoms with E-state index in [1.54, 1.807) is 29.5 Å². The van der Waals surface area contributed by atoms with Gasteiger partial charge in [-0.3, -0.25) is 4.79 Å². The molecule has 0 aliphatic rings. The SMILES string of the molecule is CCOC(=O)c1cnn2c(-c3cccc(N(CC)C(C)=O)c3)ccnc12. The minimum Gasteiger partial charge on any atom is -0.462 e. The van der Waals surface area contributed by atoms with Crippen LogP contribution in [-0.2, 0) is 9.53 Å². The molecular formula is C19H20N4O3. The highest BCUT2D eigenvalue weighted by Gasteiger charge is 2.17. The van der Waals surface area contributed by atoms with Crippen LogP contribution in [0.3, 0.4) is 0 Å². The number of carbonyl (C=O) groups is 2. The number of aromatic nitrogens is 3. The highest BCUT2D eigenvalue weighted by Crippen LogP contribution is 2.26. The van der Waals surface area contributed by atoms with Gasteiger partial charge in [0.25, 0.3) is 0 Å². The number of anilines is 1. The molecule has 26 heavy (non-hydrogen) atoms. The van der Waals surface area contributed by atoms with Crippen molar-refractivity contribution in [1.29, 1.82) is 0 Å². The number of nitrogens with zero attached hydrogens (tertiary/aromatic N) is 4. The van der Waals surface area contributed by atoms with Gasteiger partial charge in [0, 0.05) is 30.9 Å². The lowest BCUT2D eigenvalue weighted by Crippen LogP contribution is -2.27. The van der Waals surface area contributed by atoms with Crippen molar-refractivity contribution in [2.24, 2.45) is 0 Å². The van der Waals surface area contributed by atoms with E-state index in [0.717, 1.165) is 16.9 Å². The van der Waals surface area contributed by atoms with Crippen LogP contribution < -0.4 is 4.90 Å². The van der Waals surface area contributed by atoms with Crippen molar-refractivity contribution < 1.29 is 14.3 Å². The van der Waals surface area contributed by atoms with Gasteiger partial charge in [-0.25, -0.2) is 14.3 Å². The van der Waals surface area contributed by atoms with Gasteiger partial charge in [0.15, 0.2) is 5.65 Å². The van der Waals surface area contributed by atoms with Gasteiger partial charge in [-0.05, 0) is 32.0 Å². The van der Waals surface area contributed by atoms with Crippen LogP contribution >= 0.6 is 0 Å². The molecule has 0 saturated carbocycles. The monoisotopic (exact) mass is 352 g/mol. The molecule has 3 rings (SSSR count). The molecule has 3 aromatic rings. The number of esters is 1. The second kappa shape index (κ2) is 7.35. The van der Waals surface area contributed by atoms with Gasteiger partial charge in [-0.15, -0.1) is 0 Å². The van der Waals surface area contributed by atoms with Crippen LogP contribution in [0.4, 0.5) is 5.69 Å². The van der Waals surface area contributed by atoms with Crippen LogP contribution in [0.25, 0.3) is 16.9 Å². The third kappa shape index (κ3) is 3.15. The zero-order valence-electron chi connectivity index (χ0n) is 15.0. The Kier molecular flexibility index (Phi) is 4.97. The minimum atomic E-state index is -0.449. The molecule has 1 aromatic carbocycles. The molecular weight excluding hydrogens is 332 g/mol. The zero-order chi connectivity index (χ0) is 18.7. The van der Waals surface area contributed by atoms with Crippen LogP contribution in [0.1, 0.15) is 31.1 Å². The fraction of sp³-hybridized carbons (Fsp3) is 0.263. The second-order valence-corrected chi connectivity index (χ2v) is 5.66. The van der Waals surface area contributed by atoms with Crippen molar-refractivity contribution in [3.63, 3.8) is 0 Å². The predicted molar refractivity (Wildman–Crippen MR) is 98.1 cm³/mol. The topological polar surface area (TPSA) is 76.8 Å². The third-order valence-corrected chi connectivity index (χ3v) is 4.05. The summed E-state index contributed by atoms with van der Waals surface area (Å²) in [7, 11) is 0. The highest BCUT2D eigenvalue weighted by molar-refractivity contribution is 5.96. The van der Waals surface area contributed by atoms with Gasteiger partial charge in [0.05, 0.1) is 18.5 Å². The van der Waals surface area contributed by atoms with Crippen molar-refractivity contribution in [3.05, 3.63) is 48.3 Å². The molecule has 0 fully saturated rings. The summed E-state index contributed by atoms with van der Waals surface area (Å²) in [5.74, 6) is -0.470. The van der Waals surface area contributed by atoms with Gasteiger partial charge in [0.1, 0.15) is 5.56 Å². The zero-order valence-corrected chi connectivity index (χ0v) is 15.0. The highest BCUT2D eigenvalue weighted by atomic mass is 16.5. The Labute approximate surface area is 151 Å². The third-order valence-electron chi connectivity index (χ3n) is 4.05. The fourth-order valence-corrected chi connectivity index (χ4v) is 2.88. The Morgan fingerprint density at radius 2 is 2.04 bits per heavy atom. The van der Waals surface area contributed by atoms with Gasteiger partial charge >= 0.3 is 5.97 Å². The van der Waals surface area contributed by atoms with Gasteiger partial charge < -0.3 is 9.64 Å². The van der Waals surface area contributed by atoms with Crippen LogP contribution in [0.15, 0.2) is 42.7 Å². The number of amides is 1. The second-order valence-electron chi connectivity index (χ2n) is 5.66. The lowest BCUT2D eigenvalue weighted by Gasteiger charge is -2.19. The van der Waals surface area contributed by atoms with Crippen molar-refractivity contribution in [3.8, 4) is 11.3 Å². The van der Waals surface area contributed by atoms with Gasteiger partial charge in [-0.1, -0.05) is 12.1 Å². The first-order valence-electron chi connectivity index (χ1n) is 8.45. The van der Waals surface area contributed by atoms with Crippen molar-refractivity contribution in [1.82, 2.24) is 14.6 Å². The van der Waals surface area contributed by atoms with Crippen molar-refractivity contribution in [2.45, 2.75) is 20.8 Å². The Hall–Kier alpha value is -3.22. The number of hydrogen-bond acceptors (Lipinski definition) is 5. The van der Waals surface area contributed by atoms with Gasteiger partial charge in [0.2, 0.25) is 5.91 Å². The molecule has 134 valence electrons. The first-order valence-corrected chi connectivity index (χ1v) is 8.45. The van der Waals surface area contributed by atoms with E-state index in [1.807, 2.05) is 37.3 Å². The lowest BCUT2D eigenvalue weighted by atomic mass is 10.1. The van der Waals surface area contributed by atoms with E-state index in [4.69, 9.17) is 4.74 Å². The quantitative estimate of drug-likeness (QED) is 0.660. The molecule has 0 radical (unpaired) electrons. The molecule has 1 amide bonds. The lowest BCUT2D eigenvalue weighted by molar-refractivity contribution is -0.116. The number of hydrogen-bond donors (Lipinski definition) is 0. The van der Waals surface area contributed by atoms with Crippen LogP contribution in [0, 0.1) is 0 Å². The van der Waals surface area contributed by atoms with E-state index in [0.29, 0.717) is 17.8 Å². The first kappa shape index (κ1) is 17.6. The molecule has 0 aliphatic carbocycles. The van der Waals surface area contributed by atoms with Crippen LogP contribution in [0.5, 0.6) is 0 Å². The average molecular weight is 352 g/mol. The number of benzene rings is 1. The number of rotatable bonds is 5. The molecule has 0 atom stereocenters. The van der Waals surface area contributed by atoms with Gasteiger partial charge in [-0.2, -0.15) is 5.10 Å². The predicted octanol–water partition coefficient (Wildman–Crippen LogP) is 2.95. The average Bonchev–Trinajstić information content (AvgIpc) is 3.06. The minimum absolute atomic E-state index is 0.0202. The molecule has 0 aliphatic heterocycles. The smallest absolute Gasteiger partial charge is 0.343 e. The molecule has 2 heterocycles. The summed E-state index contributed by atoms with van der Waals surface area (Å²) in [6.45, 7) is 6.09.